The van der Waals surface area contributed by atoms with Gasteiger partial charge in [0.15, 0.2) is 0 Å². The molecule has 0 aromatic carbocycles. The number of methoxy groups -OCH3 is 1. The lowest BCUT2D eigenvalue weighted by molar-refractivity contribution is -0.149. The van der Waals surface area contributed by atoms with Gasteiger partial charge in [-0.25, -0.2) is 12.7 Å². The Bertz CT molecular complexity index is 517. The standard InChI is InChI=1S/C13H23NO6S/c1-12(2,7-19-3)9-21(17,18)14-4-10-5-20-8-13(10,6-14)11(15)16/h10H,4-9H2,1-3H3,(H,15,16)/t10-,13-/m1/s1. The van der Waals surface area contributed by atoms with Gasteiger partial charge in [-0.15, -0.1) is 0 Å². The van der Waals surface area contributed by atoms with E-state index in [0.717, 1.165) is 0 Å². The van der Waals surface area contributed by atoms with Gasteiger partial charge in [-0.3, -0.25) is 4.79 Å². The molecule has 21 heavy (non-hydrogen) atoms. The second-order valence-corrected chi connectivity index (χ2v) is 8.79. The van der Waals surface area contributed by atoms with E-state index in [9.17, 15) is 18.3 Å². The third-order valence-corrected chi connectivity index (χ3v) is 6.48. The lowest BCUT2D eigenvalue weighted by Crippen LogP contribution is -2.42. The largest absolute Gasteiger partial charge is 0.481 e. The van der Waals surface area contributed by atoms with E-state index in [2.05, 4.69) is 0 Å². The summed E-state index contributed by atoms with van der Waals surface area (Å²) < 4.78 is 36.7. The quantitative estimate of drug-likeness (QED) is 0.741. The van der Waals surface area contributed by atoms with Gasteiger partial charge in [0.1, 0.15) is 5.41 Å². The summed E-state index contributed by atoms with van der Waals surface area (Å²) in [7, 11) is -1.99. The van der Waals surface area contributed by atoms with Gasteiger partial charge in [0.05, 0.1) is 25.6 Å². The number of carboxylic acids is 1. The average molecular weight is 321 g/mol. The van der Waals surface area contributed by atoms with E-state index >= 15 is 0 Å². The molecule has 122 valence electrons. The SMILES string of the molecule is COCC(C)(C)CS(=O)(=O)N1C[C@@H]2COC[C@]2(C(=O)O)C1. The van der Waals surface area contributed by atoms with E-state index in [1.807, 2.05) is 13.8 Å². The highest BCUT2D eigenvalue weighted by atomic mass is 32.2. The third-order valence-electron chi connectivity index (χ3n) is 4.27. The van der Waals surface area contributed by atoms with Crippen molar-refractivity contribution in [3.05, 3.63) is 0 Å². The number of carbonyl (C=O) groups is 1. The highest BCUT2D eigenvalue weighted by molar-refractivity contribution is 7.89. The van der Waals surface area contributed by atoms with Crippen molar-refractivity contribution in [2.75, 3.05) is 45.8 Å². The first-order valence-electron chi connectivity index (χ1n) is 6.91. The van der Waals surface area contributed by atoms with Crippen LogP contribution in [0.2, 0.25) is 0 Å². The molecule has 0 amide bonds. The monoisotopic (exact) mass is 321 g/mol. The highest BCUT2D eigenvalue weighted by Crippen LogP contribution is 2.43. The molecule has 0 aromatic heterocycles. The smallest absolute Gasteiger partial charge is 0.313 e. The van der Waals surface area contributed by atoms with Crippen molar-refractivity contribution in [1.29, 1.82) is 0 Å². The number of ether oxygens (including phenoxy) is 2. The molecule has 0 bridgehead atoms. The molecule has 0 saturated carbocycles. The minimum atomic E-state index is -3.52. The Morgan fingerprint density at radius 3 is 2.71 bits per heavy atom. The molecular formula is C13H23NO6S. The van der Waals surface area contributed by atoms with Gasteiger partial charge in [-0.2, -0.15) is 0 Å². The van der Waals surface area contributed by atoms with Gasteiger partial charge < -0.3 is 14.6 Å². The Morgan fingerprint density at radius 1 is 1.52 bits per heavy atom. The first-order chi connectivity index (χ1) is 9.63. The molecule has 2 aliphatic rings. The Hall–Kier alpha value is -0.700. The van der Waals surface area contributed by atoms with Crippen LogP contribution in [0.1, 0.15) is 13.8 Å². The summed E-state index contributed by atoms with van der Waals surface area (Å²) in [6.07, 6.45) is 0. The molecule has 2 heterocycles. The summed E-state index contributed by atoms with van der Waals surface area (Å²) in [6, 6.07) is 0. The summed E-state index contributed by atoms with van der Waals surface area (Å²) in [5, 5.41) is 9.45. The minimum Gasteiger partial charge on any atom is -0.481 e. The Labute approximate surface area is 125 Å². The van der Waals surface area contributed by atoms with Crippen LogP contribution in [0.15, 0.2) is 0 Å². The molecule has 2 saturated heterocycles. The van der Waals surface area contributed by atoms with E-state index in [1.165, 1.54) is 11.4 Å². The van der Waals surface area contributed by atoms with Crippen LogP contribution in [0.4, 0.5) is 0 Å². The molecule has 0 aliphatic carbocycles. The first-order valence-corrected chi connectivity index (χ1v) is 8.52. The van der Waals surface area contributed by atoms with Crippen molar-refractivity contribution in [1.82, 2.24) is 4.31 Å². The lowest BCUT2D eigenvalue weighted by Gasteiger charge is -2.27. The van der Waals surface area contributed by atoms with Gasteiger partial charge in [0, 0.05) is 31.5 Å². The molecular weight excluding hydrogens is 298 g/mol. The fourth-order valence-electron chi connectivity index (χ4n) is 3.22. The fourth-order valence-corrected chi connectivity index (χ4v) is 5.31. The van der Waals surface area contributed by atoms with Crippen molar-refractivity contribution in [2.24, 2.45) is 16.7 Å². The molecule has 2 aliphatic heterocycles. The zero-order valence-corrected chi connectivity index (χ0v) is 13.5. The number of nitrogens with zero attached hydrogens (tertiary/aromatic N) is 1. The fraction of sp³-hybridized carbons (Fsp3) is 0.923. The predicted octanol–water partition coefficient (Wildman–Crippen LogP) is 0.0218. The van der Waals surface area contributed by atoms with Crippen LogP contribution >= 0.6 is 0 Å². The van der Waals surface area contributed by atoms with Crippen LogP contribution in [-0.4, -0.2) is 69.6 Å². The van der Waals surface area contributed by atoms with Crippen LogP contribution < -0.4 is 0 Å². The van der Waals surface area contributed by atoms with Crippen molar-refractivity contribution >= 4 is 16.0 Å². The molecule has 7 nitrogen and oxygen atoms in total. The zero-order chi connectivity index (χ0) is 15.9. The molecule has 0 aromatic rings. The Morgan fingerprint density at radius 2 is 2.19 bits per heavy atom. The van der Waals surface area contributed by atoms with Crippen molar-refractivity contribution in [3.8, 4) is 0 Å². The average Bonchev–Trinajstić information content (AvgIpc) is 2.83. The van der Waals surface area contributed by atoms with Gasteiger partial charge in [0.25, 0.3) is 0 Å². The molecule has 0 unspecified atom stereocenters. The van der Waals surface area contributed by atoms with E-state index in [-0.39, 0.29) is 31.4 Å². The minimum absolute atomic E-state index is 0.00159. The van der Waals surface area contributed by atoms with E-state index in [0.29, 0.717) is 13.2 Å². The van der Waals surface area contributed by atoms with E-state index in [1.54, 1.807) is 0 Å². The number of fused-ring (bicyclic) bond motifs is 1. The molecule has 0 spiro atoms. The van der Waals surface area contributed by atoms with Crippen LogP contribution in [-0.2, 0) is 24.3 Å². The summed E-state index contributed by atoms with van der Waals surface area (Å²) in [5.74, 6) is -1.30. The molecule has 2 atom stereocenters. The number of aliphatic carboxylic acids is 1. The molecule has 0 radical (unpaired) electrons. The predicted molar refractivity (Wildman–Crippen MR) is 75.4 cm³/mol. The number of sulfonamides is 1. The number of hydrogen-bond donors (Lipinski definition) is 1. The van der Waals surface area contributed by atoms with Crippen LogP contribution in [0.5, 0.6) is 0 Å². The van der Waals surface area contributed by atoms with Crippen molar-refractivity contribution in [3.63, 3.8) is 0 Å². The van der Waals surface area contributed by atoms with Gasteiger partial charge in [-0.1, -0.05) is 13.8 Å². The van der Waals surface area contributed by atoms with Gasteiger partial charge >= 0.3 is 5.97 Å². The van der Waals surface area contributed by atoms with Crippen molar-refractivity contribution < 1.29 is 27.8 Å². The summed E-state index contributed by atoms with van der Waals surface area (Å²) >= 11 is 0. The normalized spacial score (nSPS) is 30.5. The topological polar surface area (TPSA) is 93.1 Å². The maximum absolute atomic E-state index is 12.6. The number of rotatable bonds is 6. The second kappa shape index (κ2) is 5.49. The summed E-state index contributed by atoms with van der Waals surface area (Å²) in [6.45, 7) is 4.58. The molecule has 8 heteroatoms. The van der Waals surface area contributed by atoms with Crippen LogP contribution in [0, 0.1) is 16.7 Å². The lowest BCUT2D eigenvalue weighted by atomic mass is 9.81. The van der Waals surface area contributed by atoms with Gasteiger partial charge in [-0.05, 0) is 0 Å². The summed E-state index contributed by atoms with van der Waals surface area (Å²) in [4.78, 5) is 11.5. The van der Waals surface area contributed by atoms with Crippen LogP contribution in [0.3, 0.4) is 0 Å². The maximum atomic E-state index is 12.6. The van der Waals surface area contributed by atoms with Gasteiger partial charge in [0.2, 0.25) is 10.0 Å². The molecule has 2 fully saturated rings. The second-order valence-electron chi connectivity index (χ2n) is 6.82. The van der Waals surface area contributed by atoms with E-state index < -0.39 is 26.8 Å². The number of carboxylic acid groups (broad SMARTS) is 1. The van der Waals surface area contributed by atoms with Crippen LogP contribution in [0.25, 0.3) is 0 Å². The van der Waals surface area contributed by atoms with E-state index in [4.69, 9.17) is 9.47 Å². The van der Waals surface area contributed by atoms with Crippen molar-refractivity contribution in [2.45, 2.75) is 13.8 Å². The number of hydrogen-bond acceptors (Lipinski definition) is 5. The highest BCUT2D eigenvalue weighted by Gasteiger charge is 2.58. The Kier molecular flexibility index (Phi) is 4.36. The first kappa shape index (κ1) is 16.7. The Balaban J connectivity index is 2.15. The zero-order valence-electron chi connectivity index (χ0n) is 12.7. The third kappa shape index (κ3) is 3.08. The summed E-state index contributed by atoms with van der Waals surface area (Å²) in [5.41, 5.74) is -1.60. The molecule has 1 N–H and O–H groups in total. The maximum Gasteiger partial charge on any atom is 0.313 e. The molecule has 2 rings (SSSR count).